The number of likely N-dealkylation sites (tertiary alicyclic amines) is 1. The van der Waals surface area contributed by atoms with Crippen LogP contribution in [0.3, 0.4) is 0 Å². The van der Waals surface area contributed by atoms with Gasteiger partial charge in [-0.25, -0.2) is 0 Å². The van der Waals surface area contributed by atoms with E-state index in [9.17, 15) is 4.79 Å². The van der Waals surface area contributed by atoms with E-state index in [0.717, 1.165) is 13.0 Å². The number of nitrogens with zero attached hydrogens (tertiary/aromatic N) is 1. The van der Waals surface area contributed by atoms with E-state index in [1.807, 2.05) is 6.92 Å². The Labute approximate surface area is 141 Å². The molecule has 2 fully saturated rings. The summed E-state index contributed by atoms with van der Waals surface area (Å²) in [5.74, 6) is 0.953. The van der Waals surface area contributed by atoms with Crippen molar-refractivity contribution >= 4 is 17.5 Å². The molecule has 6 heteroatoms. The smallest absolute Gasteiger partial charge is 0.260 e. The van der Waals surface area contributed by atoms with Gasteiger partial charge in [-0.15, -0.1) is 0 Å². The molecule has 2 aliphatic heterocycles. The molecule has 5 nitrogen and oxygen atoms in total. The highest BCUT2D eigenvalue weighted by atomic mass is 35.5. The number of ether oxygens (including phenoxy) is 3. The Hall–Kier alpha value is -1.30. The fourth-order valence-electron chi connectivity index (χ4n) is 3.20. The zero-order valence-electron chi connectivity index (χ0n) is 13.3. The quantitative estimate of drug-likeness (QED) is 0.798. The maximum absolute atomic E-state index is 12.2. The van der Waals surface area contributed by atoms with Crippen LogP contribution in [0.1, 0.15) is 13.3 Å². The first-order valence-corrected chi connectivity index (χ1v) is 8.38. The summed E-state index contributed by atoms with van der Waals surface area (Å²) >= 11 is 5.90. The Bertz CT molecular complexity index is 559. The van der Waals surface area contributed by atoms with Crippen LogP contribution in [0.4, 0.5) is 0 Å². The van der Waals surface area contributed by atoms with Gasteiger partial charge in [0.15, 0.2) is 6.61 Å². The second-order valence-electron chi connectivity index (χ2n) is 6.05. The number of carbonyl (C=O) groups is 1. The Morgan fingerprint density at radius 2 is 2.30 bits per heavy atom. The summed E-state index contributed by atoms with van der Waals surface area (Å²) in [6.45, 7) is 5.43. The van der Waals surface area contributed by atoms with Crippen LogP contribution in [0.5, 0.6) is 5.75 Å². The van der Waals surface area contributed by atoms with Gasteiger partial charge in [-0.3, -0.25) is 4.79 Å². The minimum absolute atomic E-state index is 0.0204. The molecule has 2 heterocycles. The first-order valence-electron chi connectivity index (χ1n) is 8.01. The molecule has 1 atom stereocenters. The SMILES string of the molecule is CCOC[C@H]1CCOC12CN(C(=O)COc1cccc(Cl)c1)C2. The molecule has 0 aromatic heterocycles. The number of amides is 1. The third kappa shape index (κ3) is 3.62. The van der Waals surface area contributed by atoms with Crippen molar-refractivity contribution in [2.75, 3.05) is 39.5 Å². The fraction of sp³-hybridized carbons (Fsp3) is 0.588. The van der Waals surface area contributed by atoms with Gasteiger partial charge in [0.25, 0.3) is 5.91 Å². The van der Waals surface area contributed by atoms with Crippen molar-refractivity contribution in [3.63, 3.8) is 0 Å². The molecule has 1 spiro atoms. The van der Waals surface area contributed by atoms with Gasteiger partial charge < -0.3 is 19.1 Å². The number of hydrogen-bond acceptors (Lipinski definition) is 4. The maximum atomic E-state index is 12.2. The van der Waals surface area contributed by atoms with Crippen LogP contribution in [-0.2, 0) is 14.3 Å². The van der Waals surface area contributed by atoms with E-state index < -0.39 is 0 Å². The highest BCUT2D eigenvalue weighted by molar-refractivity contribution is 6.30. The highest BCUT2D eigenvalue weighted by Gasteiger charge is 2.54. The van der Waals surface area contributed by atoms with Crippen molar-refractivity contribution in [3.8, 4) is 5.75 Å². The second-order valence-corrected chi connectivity index (χ2v) is 6.49. The third-order valence-corrected chi connectivity index (χ3v) is 4.79. The van der Waals surface area contributed by atoms with E-state index in [0.29, 0.717) is 43.0 Å². The van der Waals surface area contributed by atoms with Crippen molar-refractivity contribution < 1.29 is 19.0 Å². The molecule has 0 bridgehead atoms. The van der Waals surface area contributed by atoms with Crippen LogP contribution in [0.2, 0.25) is 5.02 Å². The van der Waals surface area contributed by atoms with Gasteiger partial charge in [-0.2, -0.15) is 0 Å². The second kappa shape index (κ2) is 7.07. The lowest BCUT2D eigenvalue weighted by Gasteiger charge is -2.50. The zero-order valence-corrected chi connectivity index (χ0v) is 14.1. The topological polar surface area (TPSA) is 48.0 Å². The monoisotopic (exact) mass is 339 g/mol. The first-order chi connectivity index (χ1) is 11.1. The Kier molecular flexibility index (Phi) is 5.09. The Morgan fingerprint density at radius 1 is 1.48 bits per heavy atom. The fourth-order valence-corrected chi connectivity index (χ4v) is 3.38. The number of halogens is 1. The summed E-state index contributed by atoms with van der Waals surface area (Å²) < 4.78 is 17.0. The standard InChI is InChI=1S/C17H22ClNO4/c1-2-21-9-13-6-7-23-17(13)11-19(12-17)16(20)10-22-15-5-3-4-14(18)8-15/h3-5,8,13H,2,6-7,9-12H2,1H3/t13-/m1/s1. The lowest BCUT2D eigenvalue weighted by atomic mass is 9.81. The third-order valence-electron chi connectivity index (χ3n) is 4.55. The van der Waals surface area contributed by atoms with E-state index in [-0.39, 0.29) is 18.1 Å². The number of rotatable bonds is 6. The largest absolute Gasteiger partial charge is 0.484 e. The van der Waals surface area contributed by atoms with Crippen molar-refractivity contribution in [3.05, 3.63) is 29.3 Å². The molecule has 1 aromatic carbocycles. The normalized spacial score (nSPS) is 22.2. The summed E-state index contributed by atoms with van der Waals surface area (Å²) in [5.41, 5.74) is -0.207. The minimum atomic E-state index is -0.207. The summed E-state index contributed by atoms with van der Waals surface area (Å²) in [5, 5.41) is 0.593. The molecule has 0 N–H and O–H groups in total. The molecule has 23 heavy (non-hydrogen) atoms. The number of hydrogen-bond donors (Lipinski definition) is 0. The molecule has 1 amide bonds. The summed E-state index contributed by atoms with van der Waals surface area (Å²) in [4.78, 5) is 14.0. The average Bonchev–Trinajstić information content (AvgIpc) is 2.93. The van der Waals surface area contributed by atoms with Gasteiger partial charge in [0.2, 0.25) is 0 Å². The first kappa shape index (κ1) is 16.6. The van der Waals surface area contributed by atoms with Crippen LogP contribution in [0, 0.1) is 5.92 Å². The van der Waals surface area contributed by atoms with Crippen LogP contribution in [0.25, 0.3) is 0 Å². The van der Waals surface area contributed by atoms with Gasteiger partial charge in [-0.1, -0.05) is 17.7 Å². The average molecular weight is 340 g/mol. The maximum Gasteiger partial charge on any atom is 0.260 e. The lowest BCUT2D eigenvalue weighted by molar-refractivity contribution is -0.170. The van der Waals surface area contributed by atoms with Crippen LogP contribution >= 0.6 is 11.6 Å². The molecule has 0 saturated carbocycles. The molecule has 1 aromatic rings. The van der Waals surface area contributed by atoms with Gasteiger partial charge in [0.05, 0.1) is 19.7 Å². The molecule has 2 aliphatic rings. The molecule has 2 saturated heterocycles. The molecule has 0 aliphatic carbocycles. The summed E-state index contributed by atoms with van der Waals surface area (Å²) in [6.07, 6.45) is 1.00. The number of benzene rings is 1. The van der Waals surface area contributed by atoms with E-state index >= 15 is 0 Å². The van der Waals surface area contributed by atoms with Crippen LogP contribution < -0.4 is 4.74 Å². The van der Waals surface area contributed by atoms with Gasteiger partial charge in [-0.05, 0) is 31.5 Å². The van der Waals surface area contributed by atoms with Crippen molar-refractivity contribution in [1.82, 2.24) is 4.90 Å². The van der Waals surface area contributed by atoms with Crippen molar-refractivity contribution in [2.24, 2.45) is 5.92 Å². The molecular formula is C17H22ClNO4. The minimum Gasteiger partial charge on any atom is -0.484 e. The van der Waals surface area contributed by atoms with E-state index in [2.05, 4.69) is 0 Å². The van der Waals surface area contributed by atoms with Gasteiger partial charge in [0.1, 0.15) is 11.4 Å². The summed E-state index contributed by atoms with van der Waals surface area (Å²) in [6, 6.07) is 7.05. The molecular weight excluding hydrogens is 318 g/mol. The Morgan fingerprint density at radius 3 is 3.04 bits per heavy atom. The Balaban J connectivity index is 1.47. The predicted octanol–water partition coefficient (Wildman–Crippen LogP) is 2.37. The summed E-state index contributed by atoms with van der Waals surface area (Å²) in [7, 11) is 0. The van der Waals surface area contributed by atoms with E-state index in [1.165, 1.54) is 0 Å². The van der Waals surface area contributed by atoms with E-state index in [1.54, 1.807) is 29.2 Å². The van der Waals surface area contributed by atoms with Crippen molar-refractivity contribution in [1.29, 1.82) is 0 Å². The van der Waals surface area contributed by atoms with Gasteiger partial charge in [0, 0.05) is 24.2 Å². The lowest BCUT2D eigenvalue weighted by Crippen LogP contribution is -2.67. The highest BCUT2D eigenvalue weighted by Crippen LogP contribution is 2.40. The number of carbonyl (C=O) groups excluding carboxylic acids is 1. The van der Waals surface area contributed by atoms with Crippen molar-refractivity contribution in [2.45, 2.75) is 18.9 Å². The molecule has 126 valence electrons. The molecule has 0 unspecified atom stereocenters. The molecule has 0 radical (unpaired) electrons. The van der Waals surface area contributed by atoms with Crippen LogP contribution in [0.15, 0.2) is 24.3 Å². The predicted molar refractivity (Wildman–Crippen MR) is 86.8 cm³/mol. The van der Waals surface area contributed by atoms with Gasteiger partial charge >= 0.3 is 0 Å². The van der Waals surface area contributed by atoms with Crippen LogP contribution in [-0.4, -0.2) is 55.9 Å². The zero-order chi connectivity index (χ0) is 16.3. The van der Waals surface area contributed by atoms with E-state index in [4.69, 9.17) is 25.8 Å². The molecule has 3 rings (SSSR count).